The quantitative estimate of drug-likeness (QED) is 0.796. The lowest BCUT2D eigenvalue weighted by molar-refractivity contribution is 0.00326. The van der Waals surface area contributed by atoms with Crippen LogP contribution in [0, 0.1) is 11.7 Å². The molecule has 6 heteroatoms. The van der Waals surface area contributed by atoms with E-state index in [1.165, 1.54) is 6.07 Å². The van der Waals surface area contributed by atoms with Crippen LogP contribution in [0.5, 0.6) is 0 Å². The number of nitrogens with zero attached hydrogens (tertiary/aromatic N) is 3. The van der Waals surface area contributed by atoms with Crippen molar-refractivity contribution in [3.63, 3.8) is 0 Å². The summed E-state index contributed by atoms with van der Waals surface area (Å²) in [6.45, 7) is 3.95. The van der Waals surface area contributed by atoms with Crippen LogP contribution in [0.25, 0.3) is 0 Å². The first kappa shape index (κ1) is 18.0. The predicted octanol–water partition coefficient (Wildman–Crippen LogP) is 2.31. The van der Waals surface area contributed by atoms with Gasteiger partial charge in [-0.15, -0.1) is 0 Å². The van der Waals surface area contributed by atoms with Crippen molar-refractivity contribution in [2.75, 3.05) is 26.2 Å². The van der Waals surface area contributed by atoms with Crippen molar-refractivity contribution in [3.05, 3.63) is 54.1 Å². The van der Waals surface area contributed by atoms with Gasteiger partial charge in [0.15, 0.2) is 0 Å². The fourth-order valence-electron chi connectivity index (χ4n) is 3.30. The van der Waals surface area contributed by atoms with Gasteiger partial charge in [-0.1, -0.05) is 18.2 Å². The summed E-state index contributed by atoms with van der Waals surface area (Å²) in [7, 11) is 0. The number of rotatable bonds is 8. The normalized spacial score (nSPS) is 17.7. The first-order valence-electron chi connectivity index (χ1n) is 8.89. The minimum absolute atomic E-state index is 0.190. The lowest BCUT2D eigenvalue weighted by Gasteiger charge is -2.33. The number of β-amino-alcohol motifs (C(OH)–C–C–N with tert-alkyl or cyclic N) is 1. The van der Waals surface area contributed by atoms with Crippen LogP contribution < -0.4 is 0 Å². The number of likely N-dealkylation sites (tertiary alicyclic amines) is 1. The molecule has 1 fully saturated rings. The molecule has 1 aliphatic heterocycles. The fourth-order valence-corrected chi connectivity index (χ4v) is 3.30. The van der Waals surface area contributed by atoms with Crippen molar-refractivity contribution < 1.29 is 14.2 Å². The van der Waals surface area contributed by atoms with Gasteiger partial charge in [0.05, 0.1) is 19.3 Å². The van der Waals surface area contributed by atoms with Crippen molar-refractivity contribution in [1.82, 2.24) is 14.7 Å². The second-order valence-electron chi connectivity index (χ2n) is 6.73. The minimum Gasteiger partial charge on any atom is -0.389 e. The van der Waals surface area contributed by atoms with E-state index in [2.05, 4.69) is 10.00 Å². The maximum atomic E-state index is 13.5. The van der Waals surface area contributed by atoms with E-state index in [4.69, 9.17) is 4.74 Å². The van der Waals surface area contributed by atoms with E-state index in [-0.39, 0.29) is 19.0 Å². The van der Waals surface area contributed by atoms with Crippen LogP contribution in [0.4, 0.5) is 4.39 Å². The number of aliphatic hydroxyl groups excluding tert-OH is 1. The van der Waals surface area contributed by atoms with Gasteiger partial charge in [0.1, 0.15) is 5.82 Å². The van der Waals surface area contributed by atoms with Gasteiger partial charge in [-0.3, -0.25) is 4.68 Å². The number of benzene rings is 1. The topological polar surface area (TPSA) is 50.5 Å². The molecule has 25 heavy (non-hydrogen) atoms. The minimum atomic E-state index is -0.547. The van der Waals surface area contributed by atoms with E-state index < -0.39 is 6.10 Å². The highest BCUT2D eigenvalue weighted by Gasteiger charge is 2.21. The fraction of sp³-hybridized carbons (Fsp3) is 0.526. The number of aromatic nitrogens is 2. The largest absolute Gasteiger partial charge is 0.389 e. The molecule has 0 radical (unpaired) electrons. The smallest absolute Gasteiger partial charge is 0.128 e. The first-order chi connectivity index (χ1) is 12.2. The molecule has 0 saturated carbocycles. The number of aliphatic hydroxyl groups is 1. The summed E-state index contributed by atoms with van der Waals surface area (Å²) >= 11 is 0. The molecule has 1 aliphatic rings. The summed E-state index contributed by atoms with van der Waals surface area (Å²) in [5.74, 6) is 0.377. The summed E-state index contributed by atoms with van der Waals surface area (Å²) in [5.41, 5.74) is 0.522. The average molecular weight is 347 g/mol. The Bertz CT molecular complexity index is 627. The van der Waals surface area contributed by atoms with E-state index in [9.17, 15) is 9.50 Å². The van der Waals surface area contributed by atoms with E-state index in [0.717, 1.165) is 32.5 Å². The third-order valence-corrected chi connectivity index (χ3v) is 4.71. The van der Waals surface area contributed by atoms with Crippen molar-refractivity contribution >= 4 is 0 Å². The average Bonchev–Trinajstić information content (AvgIpc) is 3.11. The summed E-state index contributed by atoms with van der Waals surface area (Å²) in [5, 5.41) is 14.4. The molecule has 0 unspecified atom stereocenters. The zero-order chi connectivity index (χ0) is 17.5. The van der Waals surface area contributed by atoms with E-state index >= 15 is 0 Å². The Labute approximate surface area is 148 Å². The van der Waals surface area contributed by atoms with Crippen molar-refractivity contribution in [1.29, 1.82) is 0 Å². The van der Waals surface area contributed by atoms with Crippen LogP contribution in [-0.4, -0.2) is 52.1 Å². The molecule has 1 atom stereocenters. The molecule has 1 aromatic heterocycles. The Morgan fingerprint density at radius 3 is 2.76 bits per heavy atom. The number of hydrogen-bond acceptors (Lipinski definition) is 4. The van der Waals surface area contributed by atoms with Gasteiger partial charge < -0.3 is 14.7 Å². The molecule has 136 valence electrons. The Morgan fingerprint density at radius 1 is 1.24 bits per heavy atom. The lowest BCUT2D eigenvalue weighted by atomic mass is 9.96. The van der Waals surface area contributed by atoms with Gasteiger partial charge in [0, 0.05) is 31.0 Å². The standard InChI is InChI=1S/C19H26FN3O2/c20-19-5-2-1-4-17(19)14-25-15-18(24)13-22-10-6-16(7-11-22)12-23-9-3-8-21-23/h1-5,8-9,16,18,24H,6-7,10-15H2/t18-/m0/s1. The third kappa shape index (κ3) is 5.63. The van der Waals surface area contributed by atoms with E-state index in [1.54, 1.807) is 18.2 Å². The van der Waals surface area contributed by atoms with Gasteiger partial charge in [0.25, 0.3) is 0 Å². The monoisotopic (exact) mass is 347 g/mol. The molecule has 0 amide bonds. The first-order valence-corrected chi connectivity index (χ1v) is 8.89. The molecule has 2 heterocycles. The number of hydrogen-bond donors (Lipinski definition) is 1. The van der Waals surface area contributed by atoms with Gasteiger partial charge in [0.2, 0.25) is 0 Å². The third-order valence-electron chi connectivity index (χ3n) is 4.71. The summed E-state index contributed by atoms with van der Waals surface area (Å²) < 4.78 is 21.0. The van der Waals surface area contributed by atoms with Gasteiger partial charge in [-0.25, -0.2) is 4.39 Å². The molecule has 3 rings (SSSR count). The van der Waals surface area contributed by atoms with Gasteiger partial charge >= 0.3 is 0 Å². The number of halogens is 1. The lowest BCUT2D eigenvalue weighted by Crippen LogP contribution is -2.41. The Morgan fingerprint density at radius 2 is 2.04 bits per heavy atom. The Hall–Kier alpha value is -1.76. The molecule has 0 aliphatic carbocycles. The Balaban J connectivity index is 1.32. The summed E-state index contributed by atoms with van der Waals surface area (Å²) in [4.78, 5) is 2.27. The SMILES string of the molecule is O[C@H](COCc1ccccc1F)CN1CCC(Cn2cccn2)CC1. The van der Waals surface area contributed by atoms with Crippen LogP contribution in [0.15, 0.2) is 42.7 Å². The second kappa shape index (κ2) is 9.08. The highest BCUT2D eigenvalue weighted by molar-refractivity contribution is 5.16. The van der Waals surface area contributed by atoms with Crippen molar-refractivity contribution in [3.8, 4) is 0 Å². The predicted molar refractivity (Wildman–Crippen MR) is 93.5 cm³/mol. The second-order valence-corrected chi connectivity index (χ2v) is 6.73. The van der Waals surface area contributed by atoms with Crippen molar-refractivity contribution in [2.45, 2.75) is 32.1 Å². The van der Waals surface area contributed by atoms with Crippen LogP contribution in [-0.2, 0) is 17.9 Å². The molecule has 1 saturated heterocycles. The van der Waals surface area contributed by atoms with E-state index in [1.807, 2.05) is 23.1 Å². The van der Waals surface area contributed by atoms with Gasteiger partial charge in [-0.2, -0.15) is 5.10 Å². The zero-order valence-corrected chi connectivity index (χ0v) is 14.4. The summed E-state index contributed by atoms with van der Waals surface area (Å²) in [6.07, 6.45) is 5.50. The molecular weight excluding hydrogens is 321 g/mol. The number of ether oxygens (including phenoxy) is 1. The highest BCUT2D eigenvalue weighted by Crippen LogP contribution is 2.19. The number of piperidine rings is 1. The zero-order valence-electron chi connectivity index (χ0n) is 14.4. The summed E-state index contributed by atoms with van der Waals surface area (Å²) in [6, 6.07) is 8.51. The molecule has 1 N–H and O–H groups in total. The van der Waals surface area contributed by atoms with Crippen LogP contribution in [0.1, 0.15) is 18.4 Å². The maximum Gasteiger partial charge on any atom is 0.128 e. The van der Waals surface area contributed by atoms with Crippen LogP contribution >= 0.6 is 0 Å². The van der Waals surface area contributed by atoms with Gasteiger partial charge in [-0.05, 0) is 44.0 Å². The maximum absolute atomic E-state index is 13.5. The van der Waals surface area contributed by atoms with Crippen LogP contribution in [0.2, 0.25) is 0 Å². The van der Waals surface area contributed by atoms with Crippen LogP contribution in [0.3, 0.4) is 0 Å². The highest BCUT2D eigenvalue weighted by atomic mass is 19.1. The molecule has 5 nitrogen and oxygen atoms in total. The molecular formula is C19H26FN3O2. The Kier molecular flexibility index (Phi) is 6.55. The molecule has 1 aromatic carbocycles. The van der Waals surface area contributed by atoms with E-state index in [0.29, 0.717) is 18.0 Å². The molecule has 0 bridgehead atoms. The molecule has 2 aromatic rings. The molecule has 0 spiro atoms. The van der Waals surface area contributed by atoms with Crippen molar-refractivity contribution in [2.24, 2.45) is 5.92 Å².